The van der Waals surface area contributed by atoms with Gasteiger partial charge in [0.25, 0.3) is 5.91 Å². The molecule has 17 heavy (non-hydrogen) atoms. The quantitative estimate of drug-likeness (QED) is 0.850. The molecule has 0 aromatic carbocycles. The van der Waals surface area contributed by atoms with Crippen molar-refractivity contribution in [1.82, 2.24) is 5.32 Å². The molecule has 3 nitrogen and oxygen atoms in total. The molecular weight excluding hydrogens is 234 g/mol. The van der Waals surface area contributed by atoms with Crippen LogP contribution in [0.25, 0.3) is 0 Å². The Balaban J connectivity index is 2.03. The van der Waals surface area contributed by atoms with Crippen molar-refractivity contribution < 1.29 is 9.90 Å². The molecule has 1 aliphatic rings. The molecule has 2 atom stereocenters. The van der Waals surface area contributed by atoms with E-state index in [1.54, 1.807) is 11.3 Å². The minimum absolute atomic E-state index is 0.0437. The summed E-state index contributed by atoms with van der Waals surface area (Å²) in [6, 6.07) is 1.85. The Morgan fingerprint density at radius 1 is 1.41 bits per heavy atom. The molecular formula is C13H19NO2S. The van der Waals surface area contributed by atoms with Gasteiger partial charge in [0.05, 0.1) is 17.7 Å². The Morgan fingerprint density at radius 2 is 2.12 bits per heavy atom. The number of carbonyl (C=O) groups is 1. The third kappa shape index (κ3) is 2.87. The van der Waals surface area contributed by atoms with Gasteiger partial charge in [-0.3, -0.25) is 4.79 Å². The van der Waals surface area contributed by atoms with E-state index in [1.165, 1.54) is 0 Å². The highest BCUT2D eigenvalue weighted by Crippen LogP contribution is 2.22. The van der Waals surface area contributed by atoms with Crippen molar-refractivity contribution in [2.75, 3.05) is 0 Å². The fourth-order valence-corrected chi connectivity index (χ4v) is 3.30. The van der Waals surface area contributed by atoms with Gasteiger partial charge in [0.15, 0.2) is 0 Å². The Hall–Kier alpha value is -0.870. The average molecular weight is 253 g/mol. The maximum atomic E-state index is 12.1. The summed E-state index contributed by atoms with van der Waals surface area (Å²) in [7, 11) is 0. The number of aryl methyl sites for hydroxylation is 2. The number of amides is 1. The van der Waals surface area contributed by atoms with Crippen LogP contribution in [0.15, 0.2) is 6.07 Å². The third-order valence-corrected chi connectivity index (χ3v) is 4.30. The monoisotopic (exact) mass is 253 g/mol. The molecule has 2 N–H and O–H groups in total. The van der Waals surface area contributed by atoms with Gasteiger partial charge in [0.2, 0.25) is 0 Å². The van der Waals surface area contributed by atoms with Gasteiger partial charge in [-0.2, -0.15) is 0 Å². The number of aliphatic hydroxyl groups is 1. The Morgan fingerprint density at radius 3 is 2.71 bits per heavy atom. The van der Waals surface area contributed by atoms with Crippen LogP contribution in [0.1, 0.15) is 45.8 Å². The summed E-state index contributed by atoms with van der Waals surface area (Å²) in [6.45, 7) is 3.97. The van der Waals surface area contributed by atoms with E-state index in [0.29, 0.717) is 0 Å². The highest BCUT2D eigenvalue weighted by Gasteiger charge is 2.25. The summed E-state index contributed by atoms with van der Waals surface area (Å²) >= 11 is 1.64. The smallest absolute Gasteiger partial charge is 0.252 e. The van der Waals surface area contributed by atoms with Gasteiger partial charge in [-0.15, -0.1) is 11.3 Å². The lowest BCUT2D eigenvalue weighted by atomic mass is 9.92. The second-order valence-corrected chi connectivity index (χ2v) is 6.22. The van der Waals surface area contributed by atoms with Crippen molar-refractivity contribution >= 4 is 17.2 Å². The van der Waals surface area contributed by atoms with E-state index < -0.39 is 0 Å². The second-order valence-electron chi connectivity index (χ2n) is 4.76. The zero-order valence-electron chi connectivity index (χ0n) is 10.3. The molecule has 2 rings (SSSR count). The van der Waals surface area contributed by atoms with E-state index in [2.05, 4.69) is 5.32 Å². The van der Waals surface area contributed by atoms with E-state index in [4.69, 9.17) is 0 Å². The SMILES string of the molecule is Cc1cc(C(=O)N[C@@H]2CCCC[C@H]2O)c(C)s1. The predicted molar refractivity (Wildman–Crippen MR) is 69.5 cm³/mol. The summed E-state index contributed by atoms with van der Waals surface area (Å²) < 4.78 is 0. The first-order valence-electron chi connectivity index (χ1n) is 6.14. The summed E-state index contributed by atoms with van der Waals surface area (Å²) in [4.78, 5) is 14.3. The molecule has 0 spiro atoms. The van der Waals surface area contributed by atoms with Gasteiger partial charge >= 0.3 is 0 Å². The number of carbonyl (C=O) groups excluding carboxylic acids is 1. The topological polar surface area (TPSA) is 49.3 Å². The van der Waals surface area contributed by atoms with Crippen LogP contribution in [-0.4, -0.2) is 23.2 Å². The summed E-state index contributed by atoms with van der Waals surface area (Å²) in [6.07, 6.45) is 3.45. The average Bonchev–Trinajstić information content (AvgIpc) is 2.61. The minimum Gasteiger partial charge on any atom is -0.391 e. The van der Waals surface area contributed by atoms with Gasteiger partial charge in [-0.25, -0.2) is 0 Å². The van der Waals surface area contributed by atoms with Gasteiger partial charge < -0.3 is 10.4 Å². The highest BCUT2D eigenvalue weighted by molar-refractivity contribution is 7.12. The van der Waals surface area contributed by atoms with E-state index in [9.17, 15) is 9.90 Å². The predicted octanol–water partition coefficient (Wildman–Crippen LogP) is 2.40. The molecule has 1 heterocycles. The zero-order valence-corrected chi connectivity index (χ0v) is 11.1. The molecule has 0 bridgehead atoms. The van der Waals surface area contributed by atoms with Crippen molar-refractivity contribution in [2.24, 2.45) is 0 Å². The van der Waals surface area contributed by atoms with Crippen molar-refractivity contribution in [3.05, 3.63) is 21.4 Å². The standard InChI is InChI=1S/C13H19NO2S/c1-8-7-10(9(2)17-8)13(16)14-11-5-3-4-6-12(11)15/h7,11-12,15H,3-6H2,1-2H3,(H,14,16)/t11-,12-/m1/s1. The number of aliphatic hydroxyl groups excluding tert-OH is 1. The highest BCUT2D eigenvalue weighted by atomic mass is 32.1. The van der Waals surface area contributed by atoms with E-state index >= 15 is 0 Å². The lowest BCUT2D eigenvalue weighted by Gasteiger charge is -2.28. The first kappa shape index (κ1) is 12.6. The lowest BCUT2D eigenvalue weighted by molar-refractivity contribution is 0.0717. The molecule has 1 fully saturated rings. The van der Waals surface area contributed by atoms with Crippen LogP contribution >= 0.6 is 11.3 Å². The first-order chi connectivity index (χ1) is 8.08. The molecule has 0 saturated heterocycles. The molecule has 1 aromatic rings. The summed E-state index contributed by atoms with van der Waals surface area (Å²) in [5, 5.41) is 12.8. The maximum absolute atomic E-state index is 12.1. The third-order valence-electron chi connectivity index (χ3n) is 3.33. The van der Waals surface area contributed by atoms with Crippen molar-refractivity contribution in [2.45, 2.75) is 51.7 Å². The van der Waals surface area contributed by atoms with E-state index in [0.717, 1.165) is 41.0 Å². The molecule has 1 saturated carbocycles. The van der Waals surface area contributed by atoms with Crippen LogP contribution in [-0.2, 0) is 0 Å². The normalized spacial score (nSPS) is 24.6. The van der Waals surface area contributed by atoms with Gasteiger partial charge in [-0.1, -0.05) is 12.8 Å². The van der Waals surface area contributed by atoms with Crippen molar-refractivity contribution in [3.8, 4) is 0 Å². The molecule has 94 valence electrons. The number of hydrogen-bond donors (Lipinski definition) is 2. The molecule has 1 amide bonds. The second kappa shape index (κ2) is 5.19. The van der Waals surface area contributed by atoms with Gasteiger partial charge in [0, 0.05) is 9.75 Å². The lowest BCUT2D eigenvalue weighted by Crippen LogP contribution is -2.45. The van der Waals surface area contributed by atoms with Crippen molar-refractivity contribution in [1.29, 1.82) is 0 Å². The maximum Gasteiger partial charge on any atom is 0.252 e. The van der Waals surface area contributed by atoms with Gasteiger partial charge in [-0.05, 0) is 32.8 Å². The Labute approximate surface area is 106 Å². The van der Waals surface area contributed by atoms with E-state index in [-0.39, 0.29) is 18.1 Å². The summed E-state index contributed by atoms with van der Waals surface area (Å²) in [5.74, 6) is -0.0437. The van der Waals surface area contributed by atoms with Gasteiger partial charge in [0.1, 0.15) is 0 Å². The molecule has 0 aliphatic heterocycles. The van der Waals surface area contributed by atoms with Crippen LogP contribution in [0.3, 0.4) is 0 Å². The van der Waals surface area contributed by atoms with Crippen molar-refractivity contribution in [3.63, 3.8) is 0 Å². The molecule has 1 aliphatic carbocycles. The fourth-order valence-electron chi connectivity index (χ4n) is 2.38. The molecule has 4 heteroatoms. The molecule has 0 unspecified atom stereocenters. The first-order valence-corrected chi connectivity index (χ1v) is 6.95. The Kier molecular flexibility index (Phi) is 3.84. The van der Waals surface area contributed by atoms with Crippen LogP contribution in [0.5, 0.6) is 0 Å². The number of rotatable bonds is 2. The van der Waals surface area contributed by atoms with Crippen LogP contribution in [0.2, 0.25) is 0 Å². The molecule has 0 radical (unpaired) electrons. The largest absolute Gasteiger partial charge is 0.391 e. The Bertz CT molecular complexity index is 414. The van der Waals surface area contributed by atoms with Crippen LogP contribution in [0.4, 0.5) is 0 Å². The zero-order chi connectivity index (χ0) is 12.4. The number of nitrogens with one attached hydrogen (secondary N) is 1. The van der Waals surface area contributed by atoms with Crippen LogP contribution in [0, 0.1) is 13.8 Å². The fraction of sp³-hybridized carbons (Fsp3) is 0.615. The minimum atomic E-state index is -0.382. The molecule has 1 aromatic heterocycles. The van der Waals surface area contributed by atoms with Crippen LogP contribution < -0.4 is 5.32 Å². The number of hydrogen-bond acceptors (Lipinski definition) is 3. The summed E-state index contributed by atoms with van der Waals surface area (Å²) in [5.41, 5.74) is 0.755. The van der Waals surface area contributed by atoms with E-state index in [1.807, 2.05) is 19.9 Å². The number of thiophene rings is 1.